The summed E-state index contributed by atoms with van der Waals surface area (Å²) in [5.41, 5.74) is 2.02. The van der Waals surface area contributed by atoms with Crippen molar-refractivity contribution in [1.82, 2.24) is 9.97 Å². The number of aromatic nitrogens is 2. The Morgan fingerprint density at radius 3 is 2.24 bits per heavy atom. The van der Waals surface area contributed by atoms with Crippen LogP contribution in [0.4, 0.5) is 23.1 Å². The molecular formula is C26H30N4O3. The number of benzene rings is 2. The molecule has 2 aromatic carbocycles. The molecule has 172 valence electrons. The zero-order valence-electron chi connectivity index (χ0n) is 19.0. The maximum atomic E-state index is 11.4. The predicted molar refractivity (Wildman–Crippen MR) is 129 cm³/mol. The topological polar surface area (TPSA) is 67.8 Å². The fourth-order valence-corrected chi connectivity index (χ4v) is 4.00. The first-order chi connectivity index (χ1) is 16.2. The molecule has 0 bridgehead atoms. The normalized spacial score (nSPS) is 14.2. The van der Waals surface area contributed by atoms with Gasteiger partial charge in [0.25, 0.3) is 0 Å². The average Bonchev–Trinajstić information content (AvgIpc) is 2.86. The highest BCUT2D eigenvalue weighted by Crippen LogP contribution is 2.32. The molecule has 7 nitrogen and oxygen atoms in total. The van der Waals surface area contributed by atoms with Gasteiger partial charge >= 0.3 is 5.97 Å². The largest absolute Gasteiger partial charge is 0.464 e. The fourth-order valence-electron chi connectivity index (χ4n) is 4.00. The second-order valence-corrected chi connectivity index (χ2v) is 7.97. The summed E-state index contributed by atoms with van der Waals surface area (Å²) < 4.78 is 10.5. The van der Waals surface area contributed by atoms with Gasteiger partial charge in [0, 0.05) is 30.7 Å². The number of anilines is 4. The molecule has 1 aliphatic heterocycles. The SMILES string of the molecule is CCOC(=O)COCC1CCN(c2ccnc(N(c3ccccc3)c3ccccc3)n2)CC1. The summed E-state index contributed by atoms with van der Waals surface area (Å²) in [6.07, 6.45) is 3.80. The van der Waals surface area contributed by atoms with Gasteiger partial charge in [0.05, 0.1) is 13.2 Å². The quantitative estimate of drug-likeness (QED) is 0.440. The molecule has 1 aromatic heterocycles. The van der Waals surface area contributed by atoms with Crippen LogP contribution in [-0.2, 0) is 14.3 Å². The van der Waals surface area contributed by atoms with Crippen molar-refractivity contribution in [3.05, 3.63) is 72.9 Å². The molecule has 7 heteroatoms. The van der Waals surface area contributed by atoms with Crippen LogP contribution >= 0.6 is 0 Å². The molecule has 0 saturated carbocycles. The molecule has 1 fully saturated rings. The van der Waals surface area contributed by atoms with Crippen molar-refractivity contribution >= 4 is 29.1 Å². The fraction of sp³-hybridized carbons (Fsp3) is 0.346. The molecule has 0 spiro atoms. The van der Waals surface area contributed by atoms with Gasteiger partial charge in [-0.05, 0) is 56.0 Å². The highest BCUT2D eigenvalue weighted by Gasteiger charge is 2.22. The van der Waals surface area contributed by atoms with Gasteiger partial charge in [0.1, 0.15) is 12.4 Å². The van der Waals surface area contributed by atoms with E-state index in [1.165, 1.54) is 0 Å². The molecule has 1 aliphatic rings. The van der Waals surface area contributed by atoms with Crippen LogP contribution in [-0.4, -0.2) is 48.8 Å². The van der Waals surface area contributed by atoms with Crippen molar-refractivity contribution < 1.29 is 14.3 Å². The Labute approximate surface area is 195 Å². The van der Waals surface area contributed by atoms with Crippen molar-refractivity contribution in [2.75, 3.05) is 42.7 Å². The Balaban J connectivity index is 1.43. The molecule has 0 amide bonds. The summed E-state index contributed by atoms with van der Waals surface area (Å²) in [7, 11) is 0. The second kappa shape index (κ2) is 11.4. The number of hydrogen-bond donors (Lipinski definition) is 0. The number of carbonyl (C=O) groups is 1. The van der Waals surface area contributed by atoms with Crippen LogP contribution in [0.3, 0.4) is 0 Å². The van der Waals surface area contributed by atoms with E-state index in [1.807, 2.05) is 48.7 Å². The Morgan fingerprint density at radius 2 is 1.64 bits per heavy atom. The number of esters is 1. The summed E-state index contributed by atoms with van der Waals surface area (Å²) in [4.78, 5) is 25.3. The summed E-state index contributed by atoms with van der Waals surface area (Å²) in [6.45, 7) is 4.56. The van der Waals surface area contributed by atoms with E-state index >= 15 is 0 Å². The van der Waals surface area contributed by atoms with Gasteiger partial charge in [0.2, 0.25) is 5.95 Å². The van der Waals surface area contributed by atoms with Crippen molar-refractivity contribution in [3.63, 3.8) is 0 Å². The molecule has 0 radical (unpaired) electrons. The van der Waals surface area contributed by atoms with E-state index in [9.17, 15) is 4.79 Å². The molecule has 33 heavy (non-hydrogen) atoms. The number of piperidine rings is 1. The predicted octanol–water partition coefficient (Wildman–Crippen LogP) is 4.74. The van der Waals surface area contributed by atoms with Crippen molar-refractivity contribution in [2.45, 2.75) is 19.8 Å². The molecule has 0 unspecified atom stereocenters. The second-order valence-electron chi connectivity index (χ2n) is 7.97. The zero-order valence-corrected chi connectivity index (χ0v) is 19.0. The molecule has 0 aliphatic carbocycles. The lowest BCUT2D eigenvalue weighted by atomic mass is 9.98. The van der Waals surface area contributed by atoms with Crippen molar-refractivity contribution in [3.8, 4) is 0 Å². The van der Waals surface area contributed by atoms with Gasteiger partial charge in [-0.15, -0.1) is 0 Å². The summed E-state index contributed by atoms with van der Waals surface area (Å²) in [5, 5.41) is 0. The number of para-hydroxylation sites is 2. The smallest absolute Gasteiger partial charge is 0.332 e. The van der Waals surface area contributed by atoms with Crippen LogP contribution in [0.15, 0.2) is 72.9 Å². The zero-order chi connectivity index (χ0) is 22.9. The number of ether oxygens (including phenoxy) is 2. The minimum atomic E-state index is -0.301. The van der Waals surface area contributed by atoms with E-state index in [4.69, 9.17) is 14.5 Å². The first-order valence-corrected chi connectivity index (χ1v) is 11.5. The highest BCUT2D eigenvalue weighted by molar-refractivity contribution is 5.73. The molecule has 1 saturated heterocycles. The van der Waals surface area contributed by atoms with Gasteiger partial charge < -0.3 is 14.4 Å². The molecule has 2 heterocycles. The van der Waals surface area contributed by atoms with Gasteiger partial charge in [-0.2, -0.15) is 4.98 Å². The Kier molecular flexibility index (Phi) is 7.87. The summed E-state index contributed by atoms with van der Waals surface area (Å²) >= 11 is 0. The van der Waals surface area contributed by atoms with Crippen molar-refractivity contribution in [2.24, 2.45) is 5.92 Å². The minimum Gasteiger partial charge on any atom is -0.464 e. The van der Waals surface area contributed by atoms with Crippen LogP contribution in [0, 0.1) is 5.92 Å². The lowest BCUT2D eigenvalue weighted by Crippen LogP contribution is -2.36. The highest BCUT2D eigenvalue weighted by atomic mass is 16.6. The van der Waals surface area contributed by atoms with Gasteiger partial charge in [-0.25, -0.2) is 9.78 Å². The van der Waals surface area contributed by atoms with E-state index in [2.05, 4.69) is 39.0 Å². The van der Waals surface area contributed by atoms with Gasteiger partial charge in [-0.1, -0.05) is 36.4 Å². The lowest BCUT2D eigenvalue weighted by Gasteiger charge is -2.33. The Bertz CT molecular complexity index is 969. The van der Waals surface area contributed by atoms with E-state index in [-0.39, 0.29) is 12.6 Å². The van der Waals surface area contributed by atoms with E-state index in [1.54, 1.807) is 6.92 Å². The third kappa shape index (κ3) is 6.08. The van der Waals surface area contributed by atoms with Crippen LogP contribution in [0.25, 0.3) is 0 Å². The van der Waals surface area contributed by atoms with Crippen LogP contribution in [0.1, 0.15) is 19.8 Å². The van der Waals surface area contributed by atoms with Gasteiger partial charge in [-0.3, -0.25) is 4.90 Å². The molecule has 3 aromatic rings. The average molecular weight is 447 g/mol. The van der Waals surface area contributed by atoms with Crippen molar-refractivity contribution in [1.29, 1.82) is 0 Å². The first kappa shape index (κ1) is 22.7. The molecule has 0 N–H and O–H groups in total. The molecule has 0 atom stereocenters. The number of rotatable bonds is 9. The lowest BCUT2D eigenvalue weighted by molar-refractivity contribution is -0.148. The summed E-state index contributed by atoms with van der Waals surface area (Å²) in [5.74, 6) is 1.69. The minimum absolute atomic E-state index is 0.0259. The monoisotopic (exact) mass is 446 g/mol. The number of nitrogens with zero attached hydrogens (tertiary/aromatic N) is 4. The number of carbonyl (C=O) groups excluding carboxylic acids is 1. The van der Waals surface area contributed by atoms with Crippen LogP contribution in [0.2, 0.25) is 0 Å². The van der Waals surface area contributed by atoms with E-state index in [0.29, 0.717) is 25.1 Å². The molecular weight excluding hydrogens is 416 g/mol. The van der Waals surface area contributed by atoms with E-state index < -0.39 is 0 Å². The van der Waals surface area contributed by atoms with Crippen LogP contribution < -0.4 is 9.80 Å². The van der Waals surface area contributed by atoms with Crippen LogP contribution in [0.5, 0.6) is 0 Å². The maximum Gasteiger partial charge on any atom is 0.332 e. The first-order valence-electron chi connectivity index (χ1n) is 11.5. The third-order valence-corrected chi connectivity index (χ3v) is 5.67. The van der Waals surface area contributed by atoms with E-state index in [0.717, 1.165) is 43.1 Å². The molecule has 4 rings (SSSR count). The van der Waals surface area contributed by atoms with Gasteiger partial charge in [0.15, 0.2) is 0 Å². The standard InChI is InChI=1S/C26H30N4O3/c1-2-33-25(31)20-32-19-21-14-17-29(18-15-21)24-13-16-27-26(28-24)30(22-9-5-3-6-10-22)23-11-7-4-8-12-23/h3-13,16,21H,2,14-15,17-20H2,1H3. The third-order valence-electron chi connectivity index (χ3n) is 5.67. The summed E-state index contributed by atoms with van der Waals surface area (Å²) in [6, 6.07) is 22.3. The Hall–Kier alpha value is -3.45. The Morgan fingerprint density at radius 1 is 1.00 bits per heavy atom. The maximum absolute atomic E-state index is 11.4. The number of hydrogen-bond acceptors (Lipinski definition) is 7.